The minimum atomic E-state index is 0.0636. The van der Waals surface area contributed by atoms with E-state index in [9.17, 15) is 4.79 Å². The van der Waals surface area contributed by atoms with Gasteiger partial charge in [-0.05, 0) is 45.1 Å². The molecule has 0 radical (unpaired) electrons. The molecule has 2 aliphatic rings. The zero-order valence-corrected chi connectivity index (χ0v) is 13.9. The Labute approximate surface area is 136 Å². The van der Waals surface area contributed by atoms with Gasteiger partial charge in [0.2, 0.25) is 0 Å². The van der Waals surface area contributed by atoms with Gasteiger partial charge in [0.15, 0.2) is 0 Å². The number of aromatic nitrogens is 3. The molecule has 3 heterocycles. The first-order valence-corrected chi connectivity index (χ1v) is 8.59. The normalized spacial score (nSPS) is 20.3. The molecule has 23 heavy (non-hydrogen) atoms. The largest absolute Gasteiger partial charge is 0.348 e. The molecule has 1 atom stereocenters. The van der Waals surface area contributed by atoms with Crippen molar-refractivity contribution in [3.63, 3.8) is 0 Å². The monoisotopic (exact) mass is 312 g/mol. The number of amides is 1. The topological polar surface area (TPSA) is 51.9 Å². The van der Waals surface area contributed by atoms with Crippen molar-refractivity contribution in [2.75, 3.05) is 0 Å². The first-order valence-electron chi connectivity index (χ1n) is 8.59. The molecule has 1 saturated carbocycles. The summed E-state index contributed by atoms with van der Waals surface area (Å²) in [7, 11) is 0. The van der Waals surface area contributed by atoms with Crippen LogP contribution in [-0.4, -0.2) is 26.1 Å². The van der Waals surface area contributed by atoms with Crippen molar-refractivity contribution in [3.05, 3.63) is 41.2 Å². The summed E-state index contributed by atoms with van der Waals surface area (Å²) in [6, 6.07) is 2.23. The lowest BCUT2D eigenvalue weighted by molar-refractivity contribution is 0.0927. The summed E-state index contributed by atoms with van der Waals surface area (Å²) in [5.74, 6) is 2.00. The van der Waals surface area contributed by atoms with Crippen molar-refractivity contribution < 1.29 is 4.79 Å². The third kappa shape index (κ3) is 2.80. The highest BCUT2D eigenvalue weighted by Crippen LogP contribution is 2.32. The lowest BCUT2D eigenvalue weighted by Gasteiger charge is -2.24. The Morgan fingerprint density at radius 1 is 1.35 bits per heavy atom. The molecule has 5 heteroatoms. The maximum atomic E-state index is 12.7. The molecule has 122 valence electrons. The van der Waals surface area contributed by atoms with E-state index in [1.54, 1.807) is 0 Å². The van der Waals surface area contributed by atoms with Crippen molar-refractivity contribution in [1.82, 2.24) is 19.4 Å². The Kier molecular flexibility index (Phi) is 3.51. The summed E-state index contributed by atoms with van der Waals surface area (Å²) in [6.07, 6.45) is 8.38. The molecule has 2 aromatic rings. The van der Waals surface area contributed by atoms with E-state index in [-0.39, 0.29) is 11.9 Å². The van der Waals surface area contributed by atoms with Gasteiger partial charge in [-0.25, -0.2) is 4.98 Å². The van der Waals surface area contributed by atoms with Crippen LogP contribution in [0.25, 0.3) is 0 Å². The molecule has 0 spiro atoms. The third-order valence-corrected chi connectivity index (χ3v) is 5.23. The molecular formula is C18H24N4O. The van der Waals surface area contributed by atoms with Crippen LogP contribution in [0.15, 0.2) is 18.5 Å². The zero-order chi connectivity index (χ0) is 16.0. The van der Waals surface area contributed by atoms with Gasteiger partial charge in [-0.2, -0.15) is 0 Å². The van der Waals surface area contributed by atoms with Gasteiger partial charge in [0, 0.05) is 49.3 Å². The molecule has 2 aromatic heterocycles. The predicted molar refractivity (Wildman–Crippen MR) is 88.4 cm³/mol. The first kappa shape index (κ1) is 14.5. The van der Waals surface area contributed by atoms with Crippen molar-refractivity contribution in [3.8, 4) is 0 Å². The molecule has 0 saturated heterocycles. The fraction of sp³-hybridized carbons (Fsp3) is 0.556. The number of carbonyl (C=O) groups excluding carboxylic acids is 1. The van der Waals surface area contributed by atoms with Crippen LogP contribution in [0.2, 0.25) is 0 Å². The number of nitrogens with one attached hydrogen (secondary N) is 1. The van der Waals surface area contributed by atoms with Gasteiger partial charge in [-0.15, -0.1) is 0 Å². The van der Waals surface area contributed by atoms with Gasteiger partial charge in [0.1, 0.15) is 5.82 Å². The van der Waals surface area contributed by atoms with Gasteiger partial charge < -0.3 is 14.5 Å². The van der Waals surface area contributed by atoms with E-state index in [1.165, 1.54) is 18.5 Å². The molecule has 0 bridgehead atoms. The number of hydrogen-bond acceptors (Lipinski definition) is 2. The Bertz CT molecular complexity index is 738. The second-order valence-corrected chi connectivity index (χ2v) is 7.04. The van der Waals surface area contributed by atoms with E-state index in [0.717, 1.165) is 48.9 Å². The number of nitrogens with zero attached hydrogens (tertiary/aromatic N) is 3. The second kappa shape index (κ2) is 5.55. The lowest BCUT2D eigenvalue weighted by atomic mass is 10.1. The molecule has 1 amide bonds. The number of aryl methyl sites for hydroxylation is 2. The SMILES string of the molecule is Cc1cc(C(=O)N[C@H]2CCc3nccn3C2)c(C)n1CC1CC1. The Morgan fingerprint density at radius 3 is 2.96 bits per heavy atom. The van der Waals surface area contributed by atoms with Gasteiger partial charge >= 0.3 is 0 Å². The van der Waals surface area contributed by atoms with Crippen molar-refractivity contribution in [2.24, 2.45) is 5.92 Å². The van der Waals surface area contributed by atoms with Crippen LogP contribution in [0.3, 0.4) is 0 Å². The van der Waals surface area contributed by atoms with Crippen LogP contribution < -0.4 is 5.32 Å². The van der Waals surface area contributed by atoms with E-state index in [1.807, 2.05) is 18.5 Å². The summed E-state index contributed by atoms with van der Waals surface area (Å²) in [6.45, 7) is 6.05. The van der Waals surface area contributed by atoms with Crippen molar-refractivity contribution in [2.45, 2.75) is 58.7 Å². The quantitative estimate of drug-likeness (QED) is 0.943. The molecular weight excluding hydrogens is 288 g/mol. The van der Waals surface area contributed by atoms with Gasteiger partial charge in [0.05, 0.1) is 5.56 Å². The Morgan fingerprint density at radius 2 is 2.17 bits per heavy atom. The summed E-state index contributed by atoms with van der Waals surface area (Å²) >= 11 is 0. The summed E-state index contributed by atoms with van der Waals surface area (Å²) < 4.78 is 4.45. The van der Waals surface area contributed by atoms with Gasteiger partial charge in [0.25, 0.3) is 5.91 Å². The summed E-state index contributed by atoms with van der Waals surface area (Å²) in [5.41, 5.74) is 3.13. The average molecular weight is 312 g/mol. The van der Waals surface area contributed by atoms with E-state index < -0.39 is 0 Å². The van der Waals surface area contributed by atoms with E-state index >= 15 is 0 Å². The standard InChI is InChI=1S/C18H24N4O/c1-12-9-16(13(2)22(12)10-14-3-4-14)18(23)20-15-5-6-17-19-7-8-21(17)11-15/h7-9,14-15H,3-6,10-11H2,1-2H3,(H,20,23)/t15-/m0/s1. The fourth-order valence-corrected chi connectivity index (χ4v) is 3.62. The zero-order valence-electron chi connectivity index (χ0n) is 13.9. The molecule has 5 nitrogen and oxygen atoms in total. The van der Waals surface area contributed by atoms with E-state index in [0.29, 0.717) is 0 Å². The molecule has 0 unspecified atom stereocenters. The van der Waals surface area contributed by atoms with Crippen LogP contribution in [0.4, 0.5) is 0 Å². The number of fused-ring (bicyclic) bond motifs is 1. The molecule has 1 aliphatic heterocycles. The average Bonchev–Trinajstić information content (AvgIpc) is 3.16. The van der Waals surface area contributed by atoms with Crippen LogP contribution in [-0.2, 0) is 19.5 Å². The van der Waals surface area contributed by atoms with E-state index in [4.69, 9.17) is 0 Å². The number of rotatable bonds is 4. The van der Waals surface area contributed by atoms with Gasteiger partial charge in [-0.1, -0.05) is 0 Å². The molecule has 0 aromatic carbocycles. The maximum absolute atomic E-state index is 12.7. The Balaban J connectivity index is 1.47. The molecule has 4 rings (SSSR count). The minimum absolute atomic E-state index is 0.0636. The number of carbonyl (C=O) groups is 1. The van der Waals surface area contributed by atoms with Crippen LogP contribution in [0.1, 0.15) is 46.8 Å². The highest BCUT2D eigenvalue weighted by molar-refractivity contribution is 5.95. The number of imidazole rings is 1. The number of hydrogen-bond donors (Lipinski definition) is 1. The van der Waals surface area contributed by atoms with Crippen LogP contribution in [0, 0.1) is 19.8 Å². The summed E-state index contributed by atoms with van der Waals surface area (Å²) in [5, 5.41) is 3.22. The Hall–Kier alpha value is -2.04. The second-order valence-electron chi connectivity index (χ2n) is 7.04. The van der Waals surface area contributed by atoms with Crippen LogP contribution in [0.5, 0.6) is 0 Å². The van der Waals surface area contributed by atoms with Gasteiger partial charge in [-0.3, -0.25) is 4.79 Å². The highest BCUT2D eigenvalue weighted by Gasteiger charge is 2.26. The summed E-state index contributed by atoms with van der Waals surface area (Å²) in [4.78, 5) is 17.0. The highest BCUT2D eigenvalue weighted by atomic mass is 16.1. The van der Waals surface area contributed by atoms with E-state index in [2.05, 4.69) is 33.3 Å². The van der Waals surface area contributed by atoms with Crippen molar-refractivity contribution in [1.29, 1.82) is 0 Å². The molecule has 1 N–H and O–H groups in total. The first-order chi connectivity index (χ1) is 11.1. The predicted octanol–water partition coefficient (Wildman–Crippen LogP) is 2.46. The lowest BCUT2D eigenvalue weighted by Crippen LogP contribution is -2.41. The van der Waals surface area contributed by atoms with Crippen molar-refractivity contribution >= 4 is 5.91 Å². The third-order valence-electron chi connectivity index (χ3n) is 5.23. The molecule has 1 aliphatic carbocycles. The van der Waals surface area contributed by atoms with Crippen LogP contribution >= 0.6 is 0 Å². The minimum Gasteiger partial charge on any atom is -0.348 e. The molecule has 1 fully saturated rings. The maximum Gasteiger partial charge on any atom is 0.253 e. The fourth-order valence-electron chi connectivity index (χ4n) is 3.62. The smallest absolute Gasteiger partial charge is 0.253 e.